The minimum absolute atomic E-state index is 0.214. The predicted molar refractivity (Wildman–Crippen MR) is 45.6 cm³/mol. The number of rotatable bonds is 4. The van der Waals surface area contributed by atoms with Gasteiger partial charge in [-0.1, -0.05) is 13.8 Å². The third-order valence-corrected chi connectivity index (χ3v) is 1.44. The van der Waals surface area contributed by atoms with Crippen molar-refractivity contribution in [2.24, 2.45) is 5.92 Å². The van der Waals surface area contributed by atoms with Crippen LogP contribution in [-0.4, -0.2) is 20.6 Å². The number of nitrogens with one attached hydrogen (secondary N) is 2. The molecule has 0 saturated heterocycles. The summed E-state index contributed by atoms with van der Waals surface area (Å²) in [6.07, 6.45) is 1.28. The summed E-state index contributed by atoms with van der Waals surface area (Å²) in [5.41, 5.74) is 2.08. The van der Waals surface area contributed by atoms with Crippen LogP contribution in [0, 0.1) is 5.92 Å². The van der Waals surface area contributed by atoms with Gasteiger partial charge in [-0.25, -0.2) is 8.42 Å². The molecule has 0 radical (unpaired) electrons. The van der Waals surface area contributed by atoms with Gasteiger partial charge in [0.1, 0.15) is 0 Å². The van der Waals surface area contributed by atoms with Crippen LogP contribution >= 0.6 is 0 Å². The van der Waals surface area contributed by atoms with Gasteiger partial charge in [-0.05, 0) is 5.92 Å². The van der Waals surface area contributed by atoms with Crippen molar-refractivity contribution in [3.05, 3.63) is 0 Å². The van der Waals surface area contributed by atoms with E-state index in [1.165, 1.54) is 0 Å². The average molecular weight is 194 g/mol. The van der Waals surface area contributed by atoms with E-state index in [2.05, 4.69) is 5.43 Å². The molecule has 0 aliphatic carbocycles. The molecule has 2 N–H and O–H groups in total. The maximum Gasteiger partial charge on any atom is 0.235 e. The molecule has 0 atom stereocenters. The lowest BCUT2D eigenvalue weighted by Crippen LogP contribution is -2.41. The molecule has 0 saturated carbocycles. The van der Waals surface area contributed by atoms with E-state index in [4.69, 9.17) is 0 Å². The highest BCUT2D eigenvalue weighted by Crippen LogP contribution is 1.97. The molecule has 0 fully saturated rings. The normalized spacial score (nSPS) is 11.7. The van der Waals surface area contributed by atoms with Crippen LogP contribution in [-0.2, 0) is 14.8 Å². The molecule has 0 rings (SSSR count). The molecule has 0 spiro atoms. The van der Waals surface area contributed by atoms with Crippen LogP contribution in [0.25, 0.3) is 0 Å². The van der Waals surface area contributed by atoms with Crippen molar-refractivity contribution in [3.8, 4) is 0 Å². The van der Waals surface area contributed by atoms with Crippen molar-refractivity contribution in [2.45, 2.75) is 20.3 Å². The Morgan fingerprint density at radius 2 is 1.92 bits per heavy atom. The lowest BCUT2D eigenvalue weighted by atomic mass is 10.1. The van der Waals surface area contributed by atoms with E-state index in [1.807, 2.05) is 18.7 Å². The quantitative estimate of drug-likeness (QED) is 0.599. The first-order valence-electron chi connectivity index (χ1n) is 3.57. The van der Waals surface area contributed by atoms with Gasteiger partial charge in [0, 0.05) is 6.42 Å². The standard InChI is InChI=1S/C6H14N2O3S/c1-5(2)4-6(9)7-8-12(3,10)11/h5,8H,4H2,1-3H3,(H,7,9). The Morgan fingerprint density at radius 1 is 1.42 bits per heavy atom. The average Bonchev–Trinajstić information content (AvgIpc) is 1.80. The number of carbonyl (C=O) groups is 1. The zero-order valence-corrected chi connectivity index (χ0v) is 8.23. The summed E-state index contributed by atoms with van der Waals surface area (Å²) in [6, 6.07) is 0. The van der Waals surface area contributed by atoms with Gasteiger partial charge < -0.3 is 0 Å². The summed E-state index contributed by atoms with van der Waals surface area (Å²) in [7, 11) is -3.34. The van der Waals surface area contributed by atoms with E-state index in [0.29, 0.717) is 6.42 Å². The molecule has 5 nitrogen and oxygen atoms in total. The van der Waals surface area contributed by atoms with Gasteiger partial charge in [-0.3, -0.25) is 10.2 Å². The Bertz CT molecular complexity index is 246. The van der Waals surface area contributed by atoms with Gasteiger partial charge in [0.05, 0.1) is 6.26 Å². The van der Waals surface area contributed by atoms with E-state index < -0.39 is 10.0 Å². The van der Waals surface area contributed by atoms with E-state index >= 15 is 0 Å². The minimum atomic E-state index is -3.34. The van der Waals surface area contributed by atoms with Crippen LogP contribution in [0.3, 0.4) is 0 Å². The summed E-state index contributed by atoms with van der Waals surface area (Å²) in [4.78, 5) is 12.8. The number of hydrogen-bond acceptors (Lipinski definition) is 3. The van der Waals surface area contributed by atoms with Crippen molar-refractivity contribution in [1.82, 2.24) is 10.3 Å². The zero-order chi connectivity index (χ0) is 9.78. The Kier molecular flexibility index (Phi) is 4.19. The van der Waals surface area contributed by atoms with Crippen molar-refractivity contribution >= 4 is 15.9 Å². The summed E-state index contributed by atoms with van der Waals surface area (Å²) in [5, 5.41) is 0. The molecule has 72 valence electrons. The van der Waals surface area contributed by atoms with E-state index in [0.717, 1.165) is 6.26 Å². The zero-order valence-electron chi connectivity index (χ0n) is 7.42. The molecular formula is C6H14N2O3S. The second-order valence-electron chi connectivity index (χ2n) is 3.02. The molecule has 0 aromatic heterocycles. The van der Waals surface area contributed by atoms with Gasteiger partial charge >= 0.3 is 0 Å². The van der Waals surface area contributed by atoms with Gasteiger partial charge in [0.15, 0.2) is 0 Å². The minimum Gasteiger partial charge on any atom is -0.278 e. The smallest absolute Gasteiger partial charge is 0.235 e. The van der Waals surface area contributed by atoms with Crippen LogP contribution < -0.4 is 10.3 Å². The number of carbonyl (C=O) groups excluding carboxylic acids is 1. The fourth-order valence-electron chi connectivity index (χ4n) is 0.571. The summed E-state index contributed by atoms with van der Waals surface area (Å²) >= 11 is 0. The van der Waals surface area contributed by atoms with Crippen molar-refractivity contribution < 1.29 is 13.2 Å². The van der Waals surface area contributed by atoms with Gasteiger partial charge in [0.2, 0.25) is 15.9 Å². The third-order valence-electron chi connectivity index (χ3n) is 0.969. The maximum absolute atomic E-state index is 10.9. The van der Waals surface area contributed by atoms with Crippen LogP contribution in [0.1, 0.15) is 20.3 Å². The van der Waals surface area contributed by atoms with Crippen molar-refractivity contribution in [3.63, 3.8) is 0 Å². The Balaban J connectivity index is 3.73. The number of hydrogen-bond donors (Lipinski definition) is 2. The second kappa shape index (κ2) is 4.42. The molecule has 0 heterocycles. The fraction of sp³-hybridized carbons (Fsp3) is 0.833. The molecular weight excluding hydrogens is 180 g/mol. The third kappa shape index (κ3) is 7.49. The molecule has 0 aromatic carbocycles. The monoisotopic (exact) mass is 194 g/mol. The lowest BCUT2D eigenvalue weighted by molar-refractivity contribution is -0.122. The molecule has 0 aliphatic rings. The molecule has 0 aromatic rings. The van der Waals surface area contributed by atoms with Crippen LogP contribution in [0.4, 0.5) is 0 Å². The van der Waals surface area contributed by atoms with Gasteiger partial charge in [-0.2, -0.15) is 0 Å². The predicted octanol–water partition coefficient (Wildman–Crippen LogP) is -0.387. The van der Waals surface area contributed by atoms with Gasteiger partial charge in [0.25, 0.3) is 0 Å². The largest absolute Gasteiger partial charge is 0.278 e. The number of sulfonamides is 1. The second-order valence-corrected chi connectivity index (χ2v) is 4.77. The fourth-order valence-corrected chi connectivity index (χ4v) is 0.871. The topological polar surface area (TPSA) is 75.3 Å². The Hall–Kier alpha value is -0.620. The number of hydrazine groups is 1. The van der Waals surface area contributed by atoms with Crippen molar-refractivity contribution in [2.75, 3.05) is 6.26 Å². The van der Waals surface area contributed by atoms with E-state index in [9.17, 15) is 13.2 Å². The summed E-state index contributed by atoms with van der Waals surface area (Å²) in [6.45, 7) is 3.75. The molecule has 1 amide bonds. The van der Waals surface area contributed by atoms with Crippen LogP contribution in [0.2, 0.25) is 0 Å². The highest BCUT2D eigenvalue weighted by molar-refractivity contribution is 7.88. The molecule has 0 bridgehead atoms. The van der Waals surface area contributed by atoms with Crippen LogP contribution in [0.15, 0.2) is 0 Å². The Labute approximate surface area is 72.6 Å². The maximum atomic E-state index is 10.9. The summed E-state index contributed by atoms with van der Waals surface area (Å²) in [5.74, 6) is -0.109. The first-order chi connectivity index (χ1) is 5.31. The SMILES string of the molecule is CC(C)CC(=O)NNS(C)(=O)=O. The van der Waals surface area contributed by atoms with E-state index in [-0.39, 0.29) is 11.8 Å². The first kappa shape index (κ1) is 11.4. The molecule has 6 heteroatoms. The van der Waals surface area contributed by atoms with Crippen molar-refractivity contribution in [1.29, 1.82) is 0 Å². The van der Waals surface area contributed by atoms with E-state index in [1.54, 1.807) is 0 Å². The summed E-state index contributed by atoms with van der Waals surface area (Å²) < 4.78 is 21.0. The number of amides is 1. The first-order valence-corrected chi connectivity index (χ1v) is 5.46. The molecule has 0 aliphatic heterocycles. The highest BCUT2D eigenvalue weighted by atomic mass is 32.2. The highest BCUT2D eigenvalue weighted by Gasteiger charge is 2.06. The molecule has 0 unspecified atom stereocenters. The molecule has 12 heavy (non-hydrogen) atoms. The Morgan fingerprint density at radius 3 is 2.25 bits per heavy atom. The van der Waals surface area contributed by atoms with Gasteiger partial charge in [-0.15, -0.1) is 4.83 Å². The lowest BCUT2D eigenvalue weighted by Gasteiger charge is -2.06. The van der Waals surface area contributed by atoms with Crippen LogP contribution in [0.5, 0.6) is 0 Å².